The molecule has 0 atom stereocenters. The standard InChI is InChI=1S/C13H16FNO3/c1-18-12-5-4-11(14)9-10(12)6-8-15-7-2-3-13(16)17/h2-5,9,15H,6-8H2,1H3,(H,16,17)/b3-2+. The number of carboxylic acid groups (broad SMARTS) is 1. The molecule has 98 valence electrons. The summed E-state index contributed by atoms with van der Waals surface area (Å²) >= 11 is 0. The Bertz CT molecular complexity index is 432. The van der Waals surface area contributed by atoms with Crippen LogP contribution in [0.1, 0.15) is 5.56 Å². The molecule has 0 heterocycles. The van der Waals surface area contributed by atoms with Gasteiger partial charge in [0.2, 0.25) is 0 Å². The number of halogens is 1. The molecule has 0 aliphatic heterocycles. The summed E-state index contributed by atoms with van der Waals surface area (Å²) in [4.78, 5) is 10.2. The zero-order valence-corrected chi connectivity index (χ0v) is 10.1. The summed E-state index contributed by atoms with van der Waals surface area (Å²) in [5.74, 6) is -0.612. The summed E-state index contributed by atoms with van der Waals surface area (Å²) in [7, 11) is 1.54. The van der Waals surface area contributed by atoms with Crippen LogP contribution in [-0.4, -0.2) is 31.3 Å². The zero-order chi connectivity index (χ0) is 13.4. The van der Waals surface area contributed by atoms with Gasteiger partial charge in [-0.05, 0) is 36.7 Å². The second-order valence-electron chi connectivity index (χ2n) is 3.65. The summed E-state index contributed by atoms with van der Waals surface area (Å²) < 4.78 is 18.2. The first-order valence-corrected chi connectivity index (χ1v) is 5.56. The number of hydrogen-bond donors (Lipinski definition) is 2. The van der Waals surface area contributed by atoms with E-state index in [4.69, 9.17) is 9.84 Å². The second kappa shape index (κ2) is 7.45. The molecule has 0 aliphatic carbocycles. The van der Waals surface area contributed by atoms with Crippen LogP contribution in [0.15, 0.2) is 30.4 Å². The lowest BCUT2D eigenvalue weighted by Gasteiger charge is -2.08. The molecule has 1 aromatic carbocycles. The van der Waals surface area contributed by atoms with Gasteiger partial charge in [-0.3, -0.25) is 0 Å². The Morgan fingerprint density at radius 2 is 2.33 bits per heavy atom. The van der Waals surface area contributed by atoms with Crippen LogP contribution in [0.5, 0.6) is 5.75 Å². The van der Waals surface area contributed by atoms with Gasteiger partial charge in [-0.1, -0.05) is 6.08 Å². The van der Waals surface area contributed by atoms with Crippen molar-refractivity contribution in [2.24, 2.45) is 0 Å². The molecule has 0 fully saturated rings. The summed E-state index contributed by atoms with van der Waals surface area (Å²) in [6.07, 6.45) is 3.21. The highest BCUT2D eigenvalue weighted by Gasteiger charge is 2.03. The Labute approximate surface area is 105 Å². The van der Waals surface area contributed by atoms with E-state index in [1.54, 1.807) is 13.2 Å². The third-order valence-corrected chi connectivity index (χ3v) is 2.34. The van der Waals surface area contributed by atoms with Crippen molar-refractivity contribution in [2.75, 3.05) is 20.2 Å². The highest BCUT2D eigenvalue weighted by molar-refractivity contribution is 5.79. The van der Waals surface area contributed by atoms with E-state index in [-0.39, 0.29) is 5.82 Å². The largest absolute Gasteiger partial charge is 0.496 e. The van der Waals surface area contributed by atoms with Crippen LogP contribution in [0.2, 0.25) is 0 Å². The number of aliphatic carboxylic acids is 1. The Hall–Kier alpha value is -1.88. The Kier molecular flexibility index (Phi) is 5.87. The number of methoxy groups -OCH3 is 1. The number of carbonyl (C=O) groups is 1. The topological polar surface area (TPSA) is 58.6 Å². The van der Waals surface area contributed by atoms with Crippen LogP contribution < -0.4 is 10.1 Å². The molecule has 0 saturated carbocycles. The van der Waals surface area contributed by atoms with E-state index in [1.165, 1.54) is 18.2 Å². The fourth-order valence-electron chi connectivity index (χ4n) is 1.51. The van der Waals surface area contributed by atoms with Gasteiger partial charge in [0.1, 0.15) is 11.6 Å². The van der Waals surface area contributed by atoms with E-state index in [9.17, 15) is 9.18 Å². The second-order valence-corrected chi connectivity index (χ2v) is 3.65. The summed E-state index contributed by atoms with van der Waals surface area (Å²) in [6, 6.07) is 4.38. The number of benzene rings is 1. The molecular formula is C13H16FNO3. The Balaban J connectivity index is 2.39. The summed E-state index contributed by atoms with van der Waals surface area (Å²) in [5.41, 5.74) is 0.784. The molecule has 1 aromatic rings. The van der Waals surface area contributed by atoms with Crippen LogP contribution in [0.3, 0.4) is 0 Å². The smallest absolute Gasteiger partial charge is 0.328 e. The summed E-state index contributed by atoms with van der Waals surface area (Å²) in [5, 5.41) is 11.4. The number of hydrogen-bond acceptors (Lipinski definition) is 3. The maximum atomic E-state index is 13.0. The average molecular weight is 253 g/mol. The predicted octanol–water partition coefficient (Wildman–Crippen LogP) is 1.61. The van der Waals surface area contributed by atoms with E-state index < -0.39 is 5.97 Å². The van der Waals surface area contributed by atoms with E-state index in [2.05, 4.69) is 5.32 Å². The molecule has 0 aliphatic rings. The molecule has 4 nitrogen and oxygen atoms in total. The third kappa shape index (κ3) is 4.97. The minimum atomic E-state index is -0.969. The van der Waals surface area contributed by atoms with Gasteiger partial charge in [-0.2, -0.15) is 0 Å². The quantitative estimate of drug-likeness (QED) is 0.572. The predicted molar refractivity (Wildman–Crippen MR) is 66.3 cm³/mol. The van der Waals surface area contributed by atoms with Gasteiger partial charge in [-0.25, -0.2) is 9.18 Å². The fraction of sp³-hybridized carbons (Fsp3) is 0.308. The molecule has 0 bridgehead atoms. The Morgan fingerprint density at radius 3 is 3.00 bits per heavy atom. The first-order chi connectivity index (χ1) is 8.63. The van der Waals surface area contributed by atoms with Crippen molar-refractivity contribution in [1.29, 1.82) is 0 Å². The average Bonchev–Trinajstić information content (AvgIpc) is 2.33. The van der Waals surface area contributed by atoms with Crippen molar-refractivity contribution in [3.05, 3.63) is 41.7 Å². The minimum absolute atomic E-state index is 0.295. The molecule has 18 heavy (non-hydrogen) atoms. The van der Waals surface area contributed by atoms with Crippen molar-refractivity contribution in [2.45, 2.75) is 6.42 Å². The molecule has 2 N–H and O–H groups in total. The maximum Gasteiger partial charge on any atom is 0.328 e. The van der Waals surface area contributed by atoms with E-state index in [0.717, 1.165) is 11.6 Å². The highest BCUT2D eigenvalue weighted by atomic mass is 19.1. The molecule has 0 aromatic heterocycles. The number of nitrogens with one attached hydrogen (secondary N) is 1. The van der Waals surface area contributed by atoms with Crippen molar-refractivity contribution >= 4 is 5.97 Å². The Morgan fingerprint density at radius 1 is 1.56 bits per heavy atom. The van der Waals surface area contributed by atoms with E-state index in [1.807, 2.05) is 0 Å². The van der Waals surface area contributed by atoms with Crippen LogP contribution >= 0.6 is 0 Å². The van der Waals surface area contributed by atoms with Crippen molar-refractivity contribution in [3.63, 3.8) is 0 Å². The van der Waals surface area contributed by atoms with Gasteiger partial charge >= 0.3 is 5.97 Å². The van der Waals surface area contributed by atoms with Gasteiger partial charge in [0.05, 0.1) is 7.11 Å². The third-order valence-electron chi connectivity index (χ3n) is 2.34. The van der Waals surface area contributed by atoms with Crippen LogP contribution in [0.25, 0.3) is 0 Å². The molecular weight excluding hydrogens is 237 g/mol. The molecule has 0 radical (unpaired) electrons. The number of carboxylic acids is 1. The van der Waals surface area contributed by atoms with Gasteiger partial charge in [0, 0.05) is 12.6 Å². The zero-order valence-electron chi connectivity index (χ0n) is 10.1. The van der Waals surface area contributed by atoms with Gasteiger partial charge in [-0.15, -0.1) is 0 Å². The summed E-state index contributed by atoms with van der Waals surface area (Å²) in [6.45, 7) is 1.08. The molecule has 5 heteroatoms. The van der Waals surface area contributed by atoms with E-state index >= 15 is 0 Å². The molecule has 0 saturated heterocycles. The maximum absolute atomic E-state index is 13.0. The van der Waals surface area contributed by atoms with Gasteiger partial charge in [0.15, 0.2) is 0 Å². The molecule has 0 unspecified atom stereocenters. The molecule has 0 spiro atoms. The lowest BCUT2D eigenvalue weighted by molar-refractivity contribution is -0.131. The molecule has 1 rings (SSSR count). The number of ether oxygens (including phenoxy) is 1. The SMILES string of the molecule is COc1ccc(F)cc1CCNC/C=C/C(=O)O. The monoisotopic (exact) mass is 253 g/mol. The lowest BCUT2D eigenvalue weighted by atomic mass is 10.1. The van der Waals surface area contributed by atoms with Gasteiger partial charge in [0.25, 0.3) is 0 Å². The van der Waals surface area contributed by atoms with Gasteiger partial charge < -0.3 is 15.2 Å². The lowest BCUT2D eigenvalue weighted by Crippen LogP contribution is -2.17. The van der Waals surface area contributed by atoms with E-state index in [0.29, 0.717) is 25.3 Å². The van der Waals surface area contributed by atoms with Crippen molar-refractivity contribution in [3.8, 4) is 5.75 Å². The number of rotatable bonds is 7. The van der Waals surface area contributed by atoms with Crippen molar-refractivity contribution < 1.29 is 19.0 Å². The fourth-order valence-corrected chi connectivity index (χ4v) is 1.51. The van der Waals surface area contributed by atoms with Crippen molar-refractivity contribution in [1.82, 2.24) is 5.32 Å². The highest BCUT2D eigenvalue weighted by Crippen LogP contribution is 2.19. The molecule has 0 amide bonds. The van der Waals surface area contributed by atoms with Crippen LogP contribution in [0.4, 0.5) is 4.39 Å². The first-order valence-electron chi connectivity index (χ1n) is 5.56. The normalized spacial score (nSPS) is 10.8. The minimum Gasteiger partial charge on any atom is -0.496 e. The first kappa shape index (κ1) is 14.2. The van der Waals surface area contributed by atoms with Crippen LogP contribution in [-0.2, 0) is 11.2 Å². The van der Waals surface area contributed by atoms with Crippen LogP contribution in [0, 0.1) is 5.82 Å².